The van der Waals surface area contributed by atoms with Crippen molar-refractivity contribution in [2.75, 3.05) is 33.9 Å². The van der Waals surface area contributed by atoms with E-state index in [-0.39, 0.29) is 69.7 Å². The van der Waals surface area contributed by atoms with Gasteiger partial charge < -0.3 is 40.7 Å². The third-order valence-corrected chi connectivity index (χ3v) is 4.77. The van der Waals surface area contributed by atoms with E-state index in [2.05, 4.69) is 32.9 Å². The molecule has 0 bridgehead atoms. The van der Waals surface area contributed by atoms with E-state index >= 15 is 0 Å². The molecule has 2 rings (SSSR count). The van der Waals surface area contributed by atoms with Crippen LogP contribution >= 0.6 is 0 Å². The second-order valence-electron chi connectivity index (χ2n) is 8.69. The van der Waals surface area contributed by atoms with Crippen molar-refractivity contribution in [2.24, 2.45) is 4.99 Å². The molecule has 0 spiro atoms. The van der Waals surface area contributed by atoms with Gasteiger partial charge in [-0.1, -0.05) is 24.6 Å². The average Bonchev–Trinajstić information content (AvgIpc) is 3.27. The third kappa shape index (κ3) is 10.4. The quantitative estimate of drug-likeness (QED) is 0.114. The van der Waals surface area contributed by atoms with Crippen molar-refractivity contribution in [1.82, 2.24) is 20.4 Å². The summed E-state index contributed by atoms with van der Waals surface area (Å²) in [6, 6.07) is 1.56. The molecule has 1 atom stereocenters. The maximum Gasteiger partial charge on any atom is 2.00 e. The second kappa shape index (κ2) is 14.6. The Kier molecular flexibility index (Phi) is 12.7. The minimum atomic E-state index is -1.08. The van der Waals surface area contributed by atoms with Crippen LogP contribution in [-0.2, 0) is 51.3 Å². The van der Waals surface area contributed by atoms with Crippen molar-refractivity contribution >= 4 is 24.1 Å². The summed E-state index contributed by atoms with van der Waals surface area (Å²) in [7, 11) is 2.94. The first-order chi connectivity index (χ1) is 16.5. The molecule has 0 radical (unpaired) electrons. The van der Waals surface area contributed by atoms with Crippen LogP contribution in [0.15, 0.2) is 16.9 Å². The normalized spacial score (nSPS) is 16.0. The number of hydrogen-bond acceptors (Lipinski definition) is 10. The molecule has 1 aromatic rings. The van der Waals surface area contributed by atoms with Crippen LogP contribution in [0.4, 0.5) is 0 Å². The Hall–Kier alpha value is -2.85. The number of likely N-dealkylation sites (tertiary alicyclic amines) is 1. The number of carboxylic acid groups (broad SMARTS) is 1. The van der Waals surface area contributed by atoms with Gasteiger partial charge in [0, 0.05) is 26.6 Å². The summed E-state index contributed by atoms with van der Waals surface area (Å²) in [5.41, 5.74) is 0.198. The molecule has 1 aliphatic rings. The van der Waals surface area contributed by atoms with E-state index in [9.17, 15) is 14.4 Å². The average molecular weight is 673 g/mol. The van der Waals surface area contributed by atoms with Crippen LogP contribution in [0.3, 0.4) is 0 Å². The number of nitrogens with zero attached hydrogens (tertiary/aromatic N) is 4. The Morgan fingerprint density at radius 3 is 2.58 bits per heavy atom. The molecule has 1 unspecified atom stereocenters. The van der Waals surface area contributed by atoms with Gasteiger partial charge in [-0.15, -0.1) is 10.7 Å². The number of ether oxygens (including phenoxy) is 3. The Bertz CT molecular complexity index is 978. The van der Waals surface area contributed by atoms with Gasteiger partial charge in [0.15, 0.2) is 0 Å². The number of carbonyl (C=O) groups is 3. The number of carboxylic acids is 1. The Morgan fingerprint density at radius 1 is 1.28 bits per heavy atom. The first-order valence-corrected chi connectivity index (χ1v) is 11.0. The number of aromatic nitrogens is 2. The summed E-state index contributed by atoms with van der Waals surface area (Å²) in [5.74, 6) is -1.85. The summed E-state index contributed by atoms with van der Waals surface area (Å²) >= 11 is 0. The van der Waals surface area contributed by atoms with Crippen molar-refractivity contribution in [1.29, 1.82) is 0 Å². The number of aliphatic carboxylic acids is 1. The maximum atomic E-state index is 12.9. The minimum Gasteiger partial charge on any atom is -0.570 e. The molecule has 0 aromatic carbocycles. The molecule has 12 nitrogen and oxygen atoms in total. The maximum absolute atomic E-state index is 12.9. The van der Waals surface area contributed by atoms with Crippen LogP contribution in [-0.4, -0.2) is 89.8 Å². The van der Waals surface area contributed by atoms with E-state index in [1.807, 2.05) is 0 Å². The molecule has 196 valence electrons. The number of aryl methyl sites for hydroxylation is 1. The van der Waals surface area contributed by atoms with Gasteiger partial charge >= 0.3 is 33.0 Å². The number of esters is 1. The number of rotatable bonds is 11. The SMILES string of the molecule is COC(=[C-]NCC(=O)O)N=[C-]c1nnc(C(=O)N2CCC(OC)C2)cc1CCC(=O)OC(C)(C)C.[W+2]. The van der Waals surface area contributed by atoms with Crippen LogP contribution in [0.2, 0.25) is 0 Å². The fourth-order valence-corrected chi connectivity index (χ4v) is 3.14. The molecule has 0 aliphatic carbocycles. The van der Waals surface area contributed by atoms with Gasteiger partial charge in [0.1, 0.15) is 11.3 Å². The topological polar surface area (TPSA) is 153 Å². The van der Waals surface area contributed by atoms with E-state index in [0.29, 0.717) is 18.7 Å². The summed E-state index contributed by atoms with van der Waals surface area (Å²) < 4.78 is 15.7. The van der Waals surface area contributed by atoms with E-state index in [0.717, 1.165) is 6.42 Å². The fraction of sp³-hybridized carbons (Fsp3) is 0.565. The van der Waals surface area contributed by atoms with Gasteiger partial charge in [-0.25, -0.2) is 0 Å². The molecule has 1 aliphatic heterocycles. The summed E-state index contributed by atoms with van der Waals surface area (Å²) in [6.45, 7) is 5.96. The molecular formula is C23H31N5O7W. The molecule has 0 saturated carbocycles. The third-order valence-electron chi connectivity index (χ3n) is 4.77. The van der Waals surface area contributed by atoms with E-state index in [4.69, 9.17) is 19.3 Å². The van der Waals surface area contributed by atoms with E-state index in [1.165, 1.54) is 7.11 Å². The molecule has 1 aromatic heterocycles. The standard InChI is InChI=1S/C23H31N5O7.W/c1-23(2,3)35-21(31)7-6-15-10-17(22(32)28-9-8-16(14-28)33-4)26-27-18(15)11-25-19(34-5)12-24-13-20(29)30;/h10,16,24H,6-9,13-14H2,1-5H3,(H,29,30);/q-2;+2. The van der Waals surface area contributed by atoms with Crippen molar-refractivity contribution in [3.05, 3.63) is 35.1 Å². The molecule has 2 N–H and O–H groups in total. The fourth-order valence-electron chi connectivity index (χ4n) is 3.14. The van der Waals surface area contributed by atoms with Crippen LogP contribution < -0.4 is 5.32 Å². The number of carbonyl (C=O) groups excluding carboxylic acids is 2. The summed E-state index contributed by atoms with van der Waals surface area (Å²) in [6.07, 6.45) is 6.11. The summed E-state index contributed by atoms with van der Waals surface area (Å²) in [5, 5.41) is 19.2. The van der Waals surface area contributed by atoms with Crippen LogP contribution in [0.25, 0.3) is 0 Å². The van der Waals surface area contributed by atoms with Crippen molar-refractivity contribution in [2.45, 2.75) is 51.7 Å². The molecular weight excluding hydrogens is 642 g/mol. The van der Waals surface area contributed by atoms with E-state index in [1.54, 1.807) is 38.8 Å². The zero-order valence-corrected chi connectivity index (χ0v) is 23.9. The monoisotopic (exact) mass is 673 g/mol. The van der Waals surface area contributed by atoms with Crippen LogP contribution in [0.1, 0.15) is 55.4 Å². The first kappa shape index (κ1) is 31.2. The molecule has 1 fully saturated rings. The van der Waals surface area contributed by atoms with Gasteiger partial charge in [-0.3, -0.25) is 14.4 Å². The van der Waals surface area contributed by atoms with E-state index < -0.39 is 17.5 Å². The smallest absolute Gasteiger partial charge is 0.570 e. The van der Waals surface area contributed by atoms with Crippen molar-refractivity contribution in [3.8, 4) is 0 Å². The number of methoxy groups -OCH3 is 2. The Morgan fingerprint density at radius 2 is 2.00 bits per heavy atom. The van der Waals surface area contributed by atoms with Gasteiger partial charge in [0.25, 0.3) is 5.91 Å². The van der Waals surface area contributed by atoms with Crippen molar-refractivity contribution < 1.29 is 54.8 Å². The molecule has 13 heteroatoms. The van der Waals surface area contributed by atoms with Gasteiger partial charge in [-0.05, 0) is 32.9 Å². The molecule has 1 saturated heterocycles. The molecule has 36 heavy (non-hydrogen) atoms. The Labute approximate surface area is 224 Å². The number of amides is 1. The predicted octanol–water partition coefficient (Wildman–Crippen LogP) is 0.828. The van der Waals surface area contributed by atoms with Gasteiger partial charge in [-0.2, -0.15) is 5.10 Å². The van der Waals surface area contributed by atoms with Gasteiger partial charge in [0.2, 0.25) is 0 Å². The van der Waals surface area contributed by atoms with Crippen LogP contribution in [0, 0.1) is 6.20 Å². The zero-order chi connectivity index (χ0) is 26.0. The molecule has 1 amide bonds. The van der Waals surface area contributed by atoms with Gasteiger partial charge in [0.05, 0.1) is 19.8 Å². The van der Waals surface area contributed by atoms with Crippen molar-refractivity contribution in [3.63, 3.8) is 0 Å². The predicted molar refractivity (Wildman–Crippen MR) is 123 cm³/mol. The number of hydrogen-bond donors (Lipinski definition) is 2. The van der Waals surface area contributed by atoms with Crippen LogP contribution in [0.5, 0.6) is 0 Å². The zero-order valence-electron chi connectivity index (χ0n) is 21.0. The largest absolute Gasteiger partial charge is 2.00 e. The molecule has 2 heterocycles. The number of aliphatic imine (C=N–C) groups is 1. The minimum absolute atomic E-state index is 0. The summed E-state index contributed by atoms with van der Waals surface area (Å²) in [4.78, 5) is 41.4. The Balaban J connectivity index is 0.00000648. The number of nitrogens with one attached hydrogen (secondary N) is 1. The second-order valence-corrected chi connectivity index (χ2v) is 8.69. The first-order valence-electron chi connectivity index (χ1n) is 11.0.